The molecule has 7 heteroatoms. The molecule has 1 aliphatic carbocycles. The Morgan fingerprint density at radius 3 is 2.12 bits per heavy atom. The lowest BCUT2D eigenvalue weighted by Gasteiger charge is -2.23. The van der Waals surface area contributed by atoms with Gasteiger partial charge in [0.25, 0.3) is 0 Å². The normalized spacial score (nSPS) is 13.6. The second-order valence-electron chi connectivity index (χ2n) is 8.61. The van der Waals surface area contributed by atoms with Crippen LogP contribution in [0, 0.1) is 17.8 Å². The van der Waals surface area contributed by atoms with Crippen molar-refractivity contribution in [2.24, 2.45) is 5.92 Å². The maximum absolute atomic E-state index is 12.6. The van der Waals surface area contributed by atoms with Crippen LogP contribution in [-0.2, 0) is 14.3 Å². The quantitative estimate of drug-likeness (QED) is 0.490. The van der Waals surface area contributed by atoms with Crippen molar-refractivity contribution in [3.8, 4) is 23.0 Å². The first-order chi connectivity index (χ1) is 16.3. The Kier molecular flexibility index (Phi) is 8.31. The van der Waals surface area contributed by atoms with E-state index in [9.17, 15) is 19.5 Å². The Bertz CT molecular complexity index is 1070. The number of hydrogen-bond donors (Lipinski definition) is 3. The zero-order chi connectivity index (χ0) is 24.7. The highest BCUT2D eigenvalue weighted by Crippen LogP contribution is 2.44. The topological polar surface area (TPSA) is 105 Å². The Balaban J connectivity index is 1.60. The molecule has 0 saturated carbocycles. The second-order valence-corrected chi connectivity index (χ2v) is 8.61. The summed E-state index contributed by atoms with van der Waals surface area (Å²) in [5.41, 5.74) is 4.52. The Labute approximate surface area is 199 Å². The van der Waals surface area contributed by atoms with E-state index < -0.39 is 30.1 Å². The number of nitrogens with one attached hydrogen (secondary N) is 2. The highest BCUT2D eigenvalue weighted by atomic mass is 16.5. The van der Waals surface area contributed by atoms with Crippen LogP contribution in [0.4, 0.5) is 4.79 Å². The van der Waals surface area contributed by atoms with Gasteiger partial charge in [-0.15, -0.1) is 11.8 Å². The minimum absolute atomic E-state index is 0.0176. The number of aliphatic carboxylic acids is 1. The van der Waals surface area contributed by atoms with Crippen LogP contribution in [0.15, 0.2) is 48.5 Å². The van der Waals surface area contributed by atoms with Gasteiger partial charge in [0, 0.05) is 24.8 Å². The van der Waals surface area contributed by atoms with E-state index in [1.165, 1.54) is 0 Å². The zero-order valence-corrected chi connectivity index (χ0v) is 19.6. The Morgan fingerprint density at radius 1 is 1.00 bits per heavy atom. The lowest BCUT2D eigenvalue weighted by Crippen LogP contribution is -2.46. The number of carboxylic acid groups (broad SMARTS) is 1. The van der Waals surface area contributed by atoms with E-state index in [2.05, 4.69) is 34.6 Å². The fraction of sp³-hybridized carbons (Fsp3) is 0.370. The summed E-state index contributed by atoms with van der Waals surface area (Å²) in [5, 5.41) is 14.5. The van der Waals surface area contributed by atoms with Crippen LogP contribution >= 0.6 is 0 Å². The van der Waals surface area contributed by atoms with Crippen molar-refractivity contribution in [3.63, 3.8) is 0 Å². The van der Waals surface area contributed by atoms with Crippen molar-refractivity contribution in [1.82, 2.24) is 10.6 Å². The van der Waals surface area contributed by atoms with Crippen LogP contribution in [0.25, 0.3) is 11.1 Å². The van der Waals surface area contributed by atoms with Crippen molar-refractivity contribution < 1.29 is 24.2 Å². The van der Waals surface area contributed by atoms with Gasteiger partial charge in [0.05, 0.1) is 0 Å². The number of alkyl carbamates (subject to hydrolysis) is 1. The van der Waals surface area contributed by atoms with E-state index in [-0.39, 0.29) is 31.3 Å². The average Bonchev–Trinajstić information content (AvgIpc) is 3.13. The van der Waals surface area contributed by atoms with Gasteiger partial charge in [-0.1, -0.05) is 62.4 Å². The fourth-order valence-corrected chi connectivity index (χ4v) is 4.10. The molecule has 2 amide bonds. The molecule has 2 atom stereocenters. The lowest BCUT2D eigenvalue weighted by molar-refractivity contribution is -0.141. The zero-order valence-electron chi connectivity index (χ0n) is 19.6. The molecule has 34 heavy (non-hydrogen) atoms. The molecule has 0 spiro atoms. The summed E-state index contributed by atoms with van der Waals surface area (Å²) < 4.78 is 5.58. The fourth-order valence-electron chi connectivity index (χ4n) is 4.10. The summed E-state index contributed by atoms with van der Waals surface area (Å²) in [6.45, 7) is 5.53. The van der Waals surface area contributed by atoms with Crippen molar-refractivity contribution in [2.45, 2.75) is 51.6 Å². The molecule has 178 valence electrons. The first-order valence-electron chi connectivity index (χ1n) is 11.3. The predicted molar refractivity (Wildman–Crippen MR) is 129 cm³/mol. The molecule has 0 fully saturated rings. The van der Waals surface area contributed by atoms with Crippen molar-refractivity contribution in [2.75, 3.05) is 6.61 Å². The number of amides is 2. The molecule has 0 aliphatic heterocycles. The predicted octanol–water partition coefficient (Wildman–Crippen LogP) is 3.92. The molecule has 0 aromatic heterocycles. The standard InChI is InChI=1S/C27H30N2O5/c1-4-5-14-23(26(31)32)28-25(30)15-24(17(2)3)29-27(33)34-16-22-20-12-8-6-10-18(20)19-11-7-9-13-21(19)22/h6-13,17,22-24H,14-16H2,1-3H3,(H,28,30)(H,29,33)(H,31,32)/t23?,24-/m0/s1. The summed E-state index contributed by atoms with van der Waals surface area (Å²) in [5.74, 6) is 3.54. The molecule has 2 aromatic carbocycles. The van der Waals surface area contributed by atoms with Crippen LogP contribution in [0.3, 0.4) is 0 Å². The third-order valence-electron chi connectivity index (χ3n) is 5.97. The summed E-state index contributed by atoms with van der Waals surface area (Å²) in [6, 6.07) is 14.6. The number of carbonyl (C=O) groups is 3. The van der Waals surface area contributed by atoms with Gasteiger partial charge >= 0.3 is 12.1 Å². The maximum atomic E-state index is 12.6. The number of ether oxygens (including phenoxy) is 1. The third-order valence-corrected chi connectivity index (χ3v) is 5.97. The van der Waals surface area contributed by atoms with Gasteiger partial charge in [0.1, 0.15) is 12.6 Å². The smallest absolute Gasteiger partial charge is 0.407 e. The van der Waals surface area contributed by atoms with Gasteiger partial charge in [0.15, 0.2) is 0 Å². The SMILES string of the molecule is CC#CCC(NC(=O)C[C@H](NC(=O)OCC1c2ccccc2-c2ccccc21)C(C)C)C(=O)O. The van der Waals surface area contributed by atoms with E-state index >= 15 is 0 Å². The van der Waals surface area contributed by atoms with Gasteiger partial charge in [-0.25, -0.2) is 9.59 Å². The van der Waals surface area contributed by atoms with Crippen LogP contribution in [-0.4, -0.2) is 41.8 Å². The van der Waals surface area contributed by atoms with E-state index in [0.29, 0.717) is 0 Å². The van der Waals surface area contributed by atoms with Crippen LogP contribution in [0.5, 0.6) is 0 Å². The number of carbonyl (C=O) groups excluding carboxylic acids is 2. The van der Waals surface area contributed by atoms with Crippen molar-refractivity contribution >= 4 is 18.0 Å². The number of fused-ring (bicyclic) bond motifs is 3. The van der Waals surface area contributed by atoms with E-state index in [1.54, 1.807) is 6.92 Å². The highest BCUT2D eigenvalue weighted by Gasteiger charge is 2.30. The van der Waals surface area contributed by atoms with Gasteiger partial charge in [-0.05, 0) is 35.1 Å². The molecule has 3 rings (SSSR count). The third kappa shape index (κ3) is 5.96. The van der Waals surface area contributed by atoms with Crippen molar-refractivity contribution in [1.29, 1.82) is 0 Å². The molecular weight excluding hydrogens is 432 g/mol. The molecule has 0 radical (unpaired) electrons. The van der Waals surface area contributed by atoms with E-state index in [4.69, 9.17) is 4.74 Å². The largest absolute Gasteiger partial charge is 0.480 e. The lowest BCUT2D eigenvalue weighted by atomic mass is 9.98. The first kappa shape index (κ1) is 24.8. The highest BCUT2D eigenvalue weighted by molar-refractivity contribution is 5.84. The minimum atomic E-state index is -1.15. The van der Waals surface area contributed by atoms with Crippen LogP contribution < -0.4 is 10.6 Å². The minimum Gasteiger partial charge on any atom is -0.480 e. The van der Waals surface area contributed by atoms with Crippen molar-refractivity contribution in [3.05, 3.63) is 59.7 Å². The Morgan fingerprint density at radius 2 is 1.59 bits per heavy atom. The molecule has 1 aliphatic rings. The number of carboxylic acids is 1. The summed E-state index contributed by atoms with van der Waals surface area (Å²) in [7, 11) is 0. The van der Waals surface area contributed by atoms with E-state index in [1.807, 2.05) is 50.2 Å². The average molecular weight is 463 g/mol. The van der Waals surface area contributed by atoms with Crippen LogP contribution in [0.2, 0.25) is 0 Å². The maximum Gasteiger partial charge on any atom is 0.407 e. The van der Waals surface area contributed by atoms with Gasteiger partial charge < -0.3 is 20.5 Å². The molecule has 0 heterocycles. The molecule has 1 unspecified atom stereocenters. The first-order valence-corrected chi connectivity index (χ1v) is 11.3. The van der Waals surface area contributed by atoms with E-state index in [0.717, 1.165) is 22.3 Å². The monoisotopic (exact) mass is 462 g/mol. The second kappa shape index (κ2) is 11.4. The summed E-state index contributed by atoms with van der Waals surface area (Å²) in [4.78, 5) is 36.4. The van der Waals surface area contributed by atoms with Gasteiger partial charge in [0.2, 0.25) is 5.91 Å². The molecule has 7 nitrogen and oxygen atoms in total. The molecule has 0 bridgehead atoms. The van der Waals surface area contributed by atoms with Gasteiger partial charge in [-0.2, -0.15) is 0 Å². The number of rotatable bonds is 9. The number of hydrogen-bond acceptors (Lipinski definition) is 4. The number of benzene rings is 2. The molecule has 0 saturated heterocycles. The van der Waals surface area contributed by atoms with Crippen LogP contribution in [0.1, 0.15) is 50.7 Å². The summed E-state index contributed by atoms with van der Waals surface area (Å²) in [6.07, 6.45) is -0.658. The summed E-state index contributed by atoms with van der Waals surface area (Å²) >= 11 is 0. The van der Waals surface area contributed by atoms with Gasteiger partial charge in [-0.3, -0.25) is 4.79 Å². The molecule has 2 aromatic rings. The Hall–Kier alpha value is -3.79. The molecule has 3 N–H and O–H groups in total. The molecular formula is C27H30N2O5.